The normalized spacial score (nSPS) is 11.1. The van der Waals surface area contributed by atoms with Crippen LogP contribution in [-0.2, 0) is 13.0 Å². The van der Waals surface area contributed by atoms with Crippen molar-refractivity contribution in [1.29, 1.82) is 0 Å². The van der Waals surface area contributed by atoms with Gasteiger partial charge in [-0.05, 0) is 66.1 Å². The Morgan fingerprint density at radius 2 is 1.86 bits per heavy atom. The van der Waals surface area contributed by atoms with E-state index >= 15 is 0 Å². The first kappa shape index (κ1) is 24.4. The van der Waals surface area contributed by atoms with Gasteiger partial charge in [-0.1, -0.05) is 41.4 Å². The molecule has 0 radical (unpaired) electrons. The van der Waals surface area contributed by atoms with E-state index in [1.165, 1.54) is 6.21 Å². The first-order valence-corrected chi connectivity index (χ1v) is 11.4. The molecule has 0 bridgehead atoms. The lowest BCUT2D eigenvalue weighted by Gasteiger charge is -2.16. The second-order valence-electron chi connectivity index (χ2n) is 7.61. The van der Waals surface area contributed by atoms with E-state index in [1.54, 1.807) is 43.5 Å². The predicted molar refractivity (Wildman–Crippen MR) is 139 cm³/mol. The summed E-state index contributed by atoms with van der Waals surface area (Å²) in [5.41, 5.74) is 5.61. The summed E-state index contributed by atoms with van der Waals surface area (Å²) >= 11 is 12.0. The van der Waals surface area contributed by atoms with Crippen LogP contribution in [-0.4, -0.2) is 19.2 Å². The number of carbonyl (C=O) groups excluding carboxylic acids is 1. The molecular weight excluding hydrogens is 487 g/mol. The van der Waals surface area contributed by atoms with Gasteiger partial charge in [0.25, 0.3) is 0 Å². The third kappa shape index (κ3) is 6.04. The lowest BCUT2D eigenvalue weighted by Crippen LogP contribution is -2.16. The van der Waals surface area contributed by atoms with Crippen molar-refractivity contribution in [1.82, 2.24) is 5.43 Å². The average Bonchev–Trinajstić information content (AvgIpc) is 3.27. The molecule has 6 nitrogen and oxygen atoms in total. The predicted octanol–water partition coefficient (Wildman–Crippen LogP) is 6.82. The summed E-state index contributed by atoms with van der Waals surface area (Å²) in [5.74, 6) is 0.815. The maximum atomic E-state index is 12.5. The number of halogens is 2. The fourth-order valence-corrected chi connectivity index (χ4v) is 3.77. The maximum Gasteiger partial charge on any atom is 0.307 e. The van der Waals surface area contributed by atoms with Gasteiger partial charge in [-0.3, -0.25) is 4.79 Å². The topological polar surface area (TPSA) is 73.1 Å². The molecule has 0 unspecified atom stereocenters. The van der Waals surface area contributed by atoms with Crippen molar-refractivity contribution in [2.24, 2.45) is 5.10 Å². The summed E-state index contributed by atoms with van der Waals surface area (Å²) in [7, 11) is 1.57. The van der Waals surface area contributed by atoms with Crippen LogP contribution >= 0.6 is 23.2 Å². The van der Waals surface area contributed by atoms with Crippen LogP contribution in [0.2, 0.25) is 10.0 Å². The molecule has 0 aliphatic heterocycles. The molecule has 0 aliphatic carbocycles. The van der Waals surface area contributed by atoms with E-state index in [0.29, 0.717) is 45.7 Å². The number of ether oxygens (including phenoxy) is 2. The summed E-state index contributed by atoms with van der Waals surface area (Å²) in [6.45, 7) is 4.18. The highest BCUT2D eigenvalue weighted by atomic mass is 35.5. The van der Waals surface area contributed by atoms with Gasteiger partial charge in [0.05, 0.1) is 13.3 Å². The SMILES string of the molecule is C=CCc1cc(/C=N/NC(=O)c2cc3cc(Cl)ccc3o2)cc(OC)c1OCc1ccc(Cl)cc1. The van der Waals surface area contributed by atoms with Crippen LogP contribution in [0, 0.1) is 0 Å². The number of benzene rings is 3. The smallest absolute Gasteiger partial charge is 0.307 e. The molecule has 3 aromatic carbocycles. The van der Waals surface area contributed by atoms with Gasteiger partial charge in [0, 0.05) is 21.0 Å². The van der Waals surface area contributed by atoms with Crippen LogP contribution in [0.5, 0.6) is 11.5 Å². The molecule has 0 aliphatic rings. The zero-order valence-corrected chi connectivity index (χ0v) is 20.4. The van der Waals surface area contributed by atoms with Gasteiger partial charge >= 0.3 is 5.91 Å². The fraction of sp³-hybridized carbons (Fsp3) is 0.111. The van der Waals surface area contributed by atoms with Crippen molar-refractivity contribution >= 4 is 46.3 Å². The molecule has 4 aromatic rings. The summed E-state index contributed by atoms with van der Waals surface area (Å²) in [5, 5.41) is 6.03. The maximum absolute atomic E-state index is 12.5. The van der Waals surface area contributed by atoms with E-state index in [1.807, 2.05) is 30.3 Å². The summed E-state index contributed by atoms with van der Waals surface area (Å²) < 4.78 is 17.2. The zero-order valence-electron chi connectivity index (χ0n) is 18.9. The van der Waals surface area contributed by atoms with Crippen LogP contribution in [0.4, 0.5) is 0 Å². The summed E-state index contributed by atoms with van der Waals surface area (Å²) in [4.78, 5) is 12.5. The number of hydrogen-bond acceptors (Lipinski definition) is 5. The Morgan fingerprint density at radius 3 is 2.60 bits per heavy atom. The van der Waals surface area contributed by atoms with Gasteiger partial charge < -0.3 is 13.9 Å². The minimum Gasteiger partial charge on any atom is -0.493 e. The fourth-order valence-electron chi connectivity index (χ4n) is 3.46. The minimum atomic E-state index is -0.477. The number of furan rings is 1. The Labute approximate surface area is 212 Å². The molecule has 1 heterocycles. The zero-order chi connectivity index (χ0) is 24.8. The standard InChI is InChI=1S/C27H22Cl2N2O4/c1-3-4-19-11-18(12-24(33-2)26(19)34-16-17-5-7-21(28)8-6-17)15-30-31-27(32)25-14-20-13-22(29)9-10-23(20)35-25/h3,5-15H,1,4,16H2,2H3,(H,31,32)/b30-15+. The van der Waals surface area contributed by atoms with Crippen LogP contribution in [0.25, 0.3) is 11.0 Å². The molecule has 0 fully saturated rings. The van der Waals surface area contributed by atoms with Gasteiger partial charge in [0.2, 0.25) is 0 Å². The number of methoxy groups -OCH3 is 1. The van der Waals surface area contributed by atoms with E-state index in [2.05, 4.69) is 17.1 Å². The third-order valence-electron chi connectivity index (χ3n) is 5.12. The number of rotatable bonds is 9. The Bertz CT molecular complexity index is 1390. The number of carbonyl (C=O) groups is 1. The number of hydrogen-bond donors (Lipinski definition) is 1. The molecule has 1 aromatic heterocycles. The molecule has 1 amide bonds. The highest BCUT2D eigenvalue weighted by Gasteiger charge is 2.14. The van der Waals surface area contributed by atoms with E-state index in [-0.39, 0.29) is 5.76 Å². The molecule has 0 saturated carbocycles. The van der Waals surface area contributed by atoms with Crippen LogP contribution in [0.15, 0.2) is 82.8 Å². The number of nitrogens with zero attached hydrogens (tertiary/aromatic N) is 1. The van der Waals surface area contributed by atoms with Crippen molar-refractivity contribution in [2.75, 3.05) is 7.11 Å². The van der Waals surface area contributed by atoms with Crippen molar-refractivity contribution in [3.8, 4) is 11.5 Å². The monoisotopic (exact) mass is 508 g/mol. The second kappa shape index (κ2) is 11.1. The first-order chi connectivity index (χ1) is 17.0. The molecule has 0 saturated heterocycles. The Kier molecular flexibility index (Phi) is 7.75. The van der Waals surface area contributed by atoms with E-state index < -0.39 is 5.91 Å². The lowest BCUT2D eigenvalue weighted by molar-refractivity contribution is 0.0929. The molecule has 0 spiro atoms. The molecule has 35 heavy (non-hydrogen) atoms. The Morgan fingerprint density at radius 1 is 1.09 bits per heavy atom. The highest BCUT2D eigenvalue weighted by Crippen LogP contribution is 2.34. The van der Waals surface area contributed by atoms with Gasteiger partial charge in [0.1, 0.15) is 12.2 Å². The van der Waals surface area contributed by atoms with E-state index in [9.17, 15) is 4.79 Å². The number of amides is 1. The Hall–Kier alpha value is -3.74. The number of hydrazone groups is 1. The first-order valence-electron chi connectivity index (χ1n) is 10.7. The molecule has 0 atom stereocenters. The molecule has 178 valence electrons. The third-order valence-corrected chi connectivity index (χ3v) is 5.60. The molecular formula is C27H22Cl2N2O4. The lowest BCUT2D eigenvalue weighted by atomic mass is 10.1. The molecule has 8 heteroatoms. The van der Waals surface area contributed by atoms with E-state index in [0.717, 1.165) is 16.5 Å². The average molecular weight is 509 g/mol. The Balaban J connectivity index is 1.50. The van der Waals surface area contributed by atoms with Gasteiger partial charge in [-0.2, -0.15) is 5.10 Å². The van der Waals surface area contributed by atoms with Crippen LogP contribution < -0.4 is 14.9 Å². The van der Waals surface area contributed by atoms with Crippen molar-refractivity contribution in [3.63, 3.8) is 0 Å². The summed E-state index contributed by atoms with van der Waals surface area (Å²) in [6.07, 6.45) is 3.86. The van der Waals surface area contributed by atoms with Crippen LogP contribution in [0.3, 0.4) is 0 Å². The van der Waals surface area contributed by atoms with Gasteiger partial charge in [-0.25, -0.2) is 5.43 Å². The van der Waals surface area contributed by atoms with Gasteiger partial charge in [0.15, 0.2) is 17.3 Å². The molecule has 4 rings (SSSR count). The van der Waals surface area contributed by atoms with E-state index in [4.69, 9.17) is 37.1 Å². The number of allylic oxidation sites excluding steroid dienone is 1. The van der Waals surface area contributed by atoms with Crippen molar-refractivity contribution < 1.29 is 18.7 Å². The summed E-state index contributed by atoms with van der Waals surface area (Å²) in [6, 6.07) is 17.9. The number of nitrogens with one attached hydrogen (secondary N) is 1. The van der Waals surface area contributed by atoms with Crippen LogP contribution in [0.1, 0.15) is 27.2 Å². The quantitative estimate of drug-likeness (QED) is 0.153. The number of fused-ring (bicyclic) bond motifs is 1. The van der Waals surface area contributed by atoms with Gasteiger partial charge in [-0.15, -0.1) is 6.58 Å². The second-order valence-corrected chi connectivity index (χ2v) is 8.48. The van der Waals surface area contributed by atoms with Crippen molar-refractivity contribution in [2.45, 2.75) is 13.0 Å². The molecule has 1 N–H and O–H groups in total. The highest BCUT2D eigenvalue weighted by molar-refractivity contribution is 6.31. The van der Waals surface area contributed by atoms with Crippen molar-refractivity contribution in [3.05, 3.63) is 106 Å². The largest absolute Gasteiger partial charge is 0.493 e. The minimum absolute atomic E-state index is 0.135.